The van der Waals surface area contributed by atoms with Crippen molar-refractivity contribution in [3.8, 4) is 11.6 Å². The van der Waals surface area contributed by atoms with E-state index < -0.39 is 0 Å². The zero-order valence-corrected chi connectivity index (χ0v) is 15.9. The van der Waals surface area contributed by atoms with Crippen molar-refractivity contribution in [3.63, 3.8) is 0 Å². The number of aromatic nitrogens is 2. The van der Waals surface area contributed by atoms with Gasteiger partial charge in [-0.05, 0) is 36.4 Å². The predicted octanol–water partition coefficient (Wildman–Crippen LogP) is 6.61. The first-order chi connectivity index (χ1) is 12.4. The van der Waals surface area contributed by atoms with Gasteiger partial charge in [0.05, 0.1) is 15.6 Å². The molecule has 0 bridgehead atoms. The van der Waals surface area contributed by atoms with Crippen molar-refractivity contribution in [2.75, 3.05) is 0 Å². The molecular weight excluding hydrogens is 443 g/mol. The Balaban J connectivity index is 1.82. The maximum absolute atomic E-state index is 10.1. The third-order valence-corrected chi connectivity index (χ3v) is 4.90. The zero-order chi connectivity index (χ0) is 18.4. The molecular formula is C17H9BrCl2N4O2. The van der Waals surface area contributed by atoms with Crippen LogP contribution in [-0.4, -0.2) is 20.2 Å². The molecule has 3 N–H and O–H groups in total. The lowest BCUT2D eigenvalue weighted by molar-refractivity contribution is 0.459. The molecule has 6 nitrogen and oxygen atoms in total. The smallest absolute Gasteiger partial charge is 0.218 e. The van der Waals surface area contributed by atoms with E-state index in [1.165, 1.54) is 6.07 Å². The molecule has 9 heteroatoms. The molecule has 0 atom stereocenters. The van der Waals surface area contributed by atoms with Gasteiger partial charge in [0, 0.05) is 15.2 Å². The number of benzene rings is 2. The van der Waals surface area contributed by atoms with E-state index in [2.05, 4.69) is 36.1 Å². The Bertz CT molecular complexity index is 1210. The van der Waals surface area contributed by atoms with Crippen molar-refractivity contribution >= 4 is 72.4 Å². The van der Waals surface area contributed by atoms with Gasteiger partial charge in [0.1, 0.15) is 5.52 Å². The number of azo groups is 1. The van der Waals surface area contributed by atoms with E-state index in [1.54, 1.807) is 12.1 Å². The second-order valence-electron chi connectivity index (χ2n) is 5.47. The lowest BCUT2D eigenvalue weighted by Gasteiger charge is -2.05. The normalized spacial score (nSPS) is 11.8. The number of phenolic OH excluding ortho intramolecular Hbond substituents is 1. The van der Waals surface area contributed by atoms with Crippen LogP contribution < -0.4 is 0 Å². The molecule has 0 spiro atoms. The maximum Gasteiger partial charge on any atom is 0.218 e. The van der Waals surface area contributed by atoms with Crippen LogP contribution in [0.25, 0.3) is 21.8 Å². The molecule has 130 valence electrons. The lowest BCUT2D eigenvalue weighted by Crippen LogP contribution is -1.82. The molecule has 0 aliphatic rings. The van der Waals surface area contributed by atoms with Gasteiger partial charge in [-0.15, -0.1) is 10.2 Å². The van der Waals surface area contributed by atoms with Crippen LogP contribution in [0.3, 0.4) is 0 Å². The summed E-state index contributed by atoms with van der Waals surface area (Å²) in [6.45, 7) is 0. The first-order valence-corrected chi connectivity index (χ1v) is 8.88. The minimum absolute atomic E-state index is 0.100. The van der Waals surface area contributed by atoms with E-state index in [0.717, 1.165) is 9.99 Å². The molecule has 2 heterocycles. The van der Waals surface area contributed by atoms with Gasteiger partial charge in [0.15, 0.2) is 17.3 Å². The SMILES string of the molecule is Oc1[nH]c2ccc(Br)cc2c1N=Nc1ccc2c(Cl)cc(Cl)c(O)c2n1. The molecule has 0 saturated heterocycles. The third kappa shape index (κ3) is 2.88. The van der Waals surface area contributed by atoms with E-state index in [9.17, 15) is 10.2 Å². The number of fused-ring (bicyclic) bond motifs is 2. The van der Waals surface area contributed by atoms with Crippen LogP contribution >= 0.6 is 39.1 Å². The van der Waals surface area contributed by atoms with Crippen LogP contribution in [0.1, 0.15) is 0 Å². The minimum atomic E-state index is -0.179. The number of hydrogen-bond acceptors (Lipinski definition) is 5. The molecule has 2 aromatic carbocycles. The summed E-state index contributed by atoms with van der Waals surface area (Å²) in [4.78, 5) is 7.07. The van der Waals surface area contributed by atoms with Crippen molar-refractivity contribution in [2.24, 2.45) is 10.2 Å². The highest BCUT2D eigenvalue weighted by atomic mass is 79.9. The van der Waals surface area contributed by atoms with E-state index >= 15 is 0 Å². The van der Waals surface area contributed by atoms with Crippen molar-refractivity contribution < 1.29 is 10.2 Å². The molecule has 26 heavy (non-hydrogen) atoms. The van der Waals surface area contributed by atoms with Gasteiger partial charge in [0.2, 0.25) is 5.88 Å². The second kappa shape index (κ2) is 6.42. The molecule has 0 radical (unpaired) electrons. The first-order valence-electron chi connectivity index (χ1n) is 7.33. The number of rotatable bonds is 2. The highest BCUT2D eigenvalue weighted by Gasteiger charge is 2.13. The monoisotopic (exact) mass is 450 g/mol. The molecule has 0 saturated carbocycles. The summed E-state index contributed by atoms with van der Waals surface area (Å²) in [5.74, 6) is -0.0477. The number of phenols is 1. The van der Waals surface area contributed by atoms with Crippen LogP contribution in [0.5, 0.6) is 11.6 Å². The number of aromatic amines is 1. The number of H-pyrrole nitrogens is 1. The molecule has 0 unspecified atom stereocenters. The maximum atomic E-state index is 10.1. The standard InChI is InChI=1S/C17H9BrCl2N4O2/c18-7-1-3-12-9(5-7)15(17(26)21-12)24-23-13-4-2-8-10(19)6-11(20)16(25)14(8)22-13/h1-6,21,25-26H. The summed E-state index contributed by atoms with van der Waals surface area (Å²) in [5, 5.41) is 30.1. The minimum Gasteiger partial charge on any atom is -0.504 e. The van der Waals surface area contributed by atoms with Crippen molar-refractivity contribution in [1.29, 1.82) is 0 Å². The van der Waals surface area contributed by atoms with Crippen molar-refractivity contribution in [3.05, 3.63) is 50.9 Å². The molecule has 0 fully saturated rings. The Hall–Kier alpha value is -2.35. The Labute approximate surface area is 165 Å². The van der Waals surface area contributed by atoms with Crippen LogP contribution in [0, 0.1) is 0 Å². The Morgan fingerprint density at radius 3 is 2.58 bits per heavy atom. The summed E-state index contributed by atoms with van der Waals surface area (Å²) in [6.07, 6.45) is 0. The molecule has 0 aliphatic carbocycles. The summed E-state index contributed by atoms with van der Waals surface area (Å²) < 4.78 is 0.846. The number of nitrogens with zero attached hydrogens (tertiary/aromatic N) is 3. The van der Waals surface area contributed by atoms with Gasteiger partial charge in [-0.25, -0.2) is 4.98 Å². The van der Waals surface area contributed by atoms with Crippen LogP contribution in [0.15, 0.2) is 51.1 Å². The van der Waals surface area contributed by atoms with Crippen LogP contribution in [-0.2, 0) is 0 Å². The molecule has 2 aromatic heterocycles. The Morgan fingerprint density at radius 1 is 0.962 bits per heavy atom. The molecule has 0 aliphatic heterocycles. The van der Waals surface area contributed by atoms with Crippen molar-refractivity contribution in [1.82, 2.24) is 9.97 Å². The van der Waals surface area contributed by atoms with Gasteiger partial charge < -0.3 is 15.2 Å². The summed E-state index contributed by atoms with van der Waals surface area (Å²) in [7, 11) is 0. The number of nitrogens with one attached hydrogen (secondary N) is 1. The number of hydrogen-bond donors (Lipinski definition) is 3. The lowest BCUT2D eigenvalue weighted by atomic mass is 10.2. The van der Waals surface area contributed by atoms with E-state index in [4.69, 9.17) is 23.2 Å². The average molecular weight is 452 g/mol. The molecule has 4 aromatic rings. The van der Waals surface area contributed by atoms with E-state index in [0.29, 0.717) is 15.8 Å². The molecule has 4 rings (SSSR count). The van der Waals surface area contributed by atoms with Gasteiger partial charge in [-0.1, -0.05) is 39.1 Å². The van der Waals surface area contributed by atoms with Gasteiger partial charge in [-0.2, -0.15) is 0 Å². The summed E-state index contributed by atoms with van der Waals surface area (Å²) >= 11 is 15.4. The average Bonchev–Trinajstić information content (AvgIpc) is 2.92. The fourth-order valence-electron chi connectivity index (χ4n) is 2.59. The summed E-state index contributed by atoms with van der Waals surface area (Å²) in [5.41, 5.74) is 1.24. The summed E-state index contributed by atoms with van der Waals surface area (Å²) in [6, 6.07) is 10.2. The highest BCUT2D eigenvalue weighted by Crippen LogP contribution is 2.39. The molecule has 0 amide bonds. The van der Waals surface area contributed by atoms with Gasteiger partial charge in [-0.3, -0.25) is 0 Å². The second-order valence-corrected chi connectivity index (χ2v) is 7.20. The highest BCUT2D eigenvalue weighted by molar-refractivity contribution is 9.10. The van der Waals surface area contributed by atoms with Gasteiger partial charge in [0.25, 0.3) is 0 Å². The first kappa shape index (κ1) is 17.1. The fourth-order valence-corrected chi connectivity index (χ4v) is 3.46. The Morgan fingerprint density at radius 2 is 1.77 bits per heavy atom. The van der Waals surface area contributed by atoms with E-state index in [1.807, 2.05) is 18.2 Å². The predicted molar refractivity (Wildman–Crippen MR) is 105 cm³/mol. The van der Waals surface area contributed by atoms with Crippen LogP contribution in [0.4, 0.5) is 11.5 Å². The largest absolute Gasteiger partial charge is 0.504 e. The zero-order valence-electron chi connectivity index (χ0n) is 12.8. The number of aromatic hydroxyl groups is 2. The van der Waals surface area contributed by atoms with Crippen molar-refractivity contribution in [2.45, 2.75) is 0 Å². The van der Waals surface area contributed by atoms with E-state index in [-0.39, 0.29) is 33.7 Å². The number of pyridine rings is 1. The quantitative estimate of drug-likeness (QED) is 0.299. The topological polar surface area (TPSA) is 93.9 Å². The third-order valence-electron chi connectivity index (χ3n) is 3.81. The van der Waals surface area contributed by atoms with Gasteiger partial charge >= 0.3 is 0 Å². The fraction of sp³-hybridized carbons (Fsp3) is 0. The van der Waals surface area contributed by atoms with Crippen LogP contribution in [0.2, 0.25) is 10.0 Å². The Kier molecular flexibility index (Phi) is 4.22. The number of halogens is 3.